The summed E-state index contributed by atoms with van der Waals surface area (Å²) in [6.07, 6.45) is 1.54. The fourth-order valence-corrected chi connectivity index (χ4v) is 3.28. The van der Waals surface area contributed by atoms with Crippen LogP contribution in [0.1, 0.15) is 12.8 Å². The Morgan fingerprint density at radius 3 is 2.58 bits per heavy atom. The van der Waals surface area contributed by atoms with E-state index in [0.717, 1.165) is 0 Å². The Morgan fingerprint density at radius 1 is 1.32 bits per heavy atom. The molecule has 0 saturated heterocycles. The van der Waals surface area contributed by atoms with E-state index < -0.39 is 10.0 Å². The zero-order chi connectivity index (χ0) is 14.0. The van der Waals surface area contributed by atoms with Crippen LogP contribution >= 0.6 is 0 Å². The normalized spacial score (nSPS) is 22.8. The van der Waals surface area contributed by atoms with Gasteiger partial charge in [0.05, 0.1) is 23.8 Å². The standard InChI is InChI=1S/C12H18N2O4S/c1-17-9-5-8(6-9)14-19(15,16)10-3-4-11(13)12(7-10)18-2/h3-4,7-9,14H,5-6,13H2,1-2H3. The number of hydrogen-bond acceptors (Lipinski definition) is 5. The fourth-order valence-electron chi connectivity index (χ4n) is 2.00. The van der Waals surface area contributed by atoms with Gasteiger partial charge in [0.15, 0.2) is 0 Å². The molecule has 7 heteroatoms. The molecule has 0 bridgehead atoms. The molecule has 6 nitrogen and oxygen atoms in total. The van der Waals surface area contributed by atoms with Gasteiger partial charge in [0.25, 0.3) is 0 Å². The quantitative estimate of drug-likeness (QED) is 0.779. The number of sulfonamides is 1. The lowest BCUT2D eigenvalue weighted by Gasteiger charge is -2.34. The molecule has 3 N–H and O–H groups in total. The van der Waals surface area contributed by atoms with Crippen LogP contribution in [0.4, 0.5) is 5.69 Å². The second-order valence-electron chi connectivity index (χ2n) is 4.55. The van der Waals surface area contributed by atoms with Crippen molar-refractivity contribution in [3.63, 3.8) is 0 Å². The first-order valence-electron chi connectivity index (χ1n) is 5.95. The second kappa shape index (κ2) is 5.36. The number of nitrogen functional groups attached to an aromatic ring is 1. The fraction of sp³-hybridized carbons (Fsp3) is 0.500. The lowest BCUT2D eigenvalue weighted by atomic mass is 9.90. The number of nitrogens with one attached hydrogen (secondary N) is 1. The third kappa shape index (κ3) is 2.99. The van der Waals surface area contributed by atoms with Gasteiger partial charge in [-0.15, -0.1) is 0 Å². The summed E-state index contributed by atoms with van der Waals surface area (Å²) < 4.78 is 37.1. The number of rotatable bonds is 5. The molecule has 1 aromatic rings. The van der Waals surface area contributed by atoms with Crippen LogP contribution in [-0.4, -0.2) is 34.8 Å². The third-order valence-electron chi connectivity index (χ3n) is 3.27. The summed E-state index contributed by atoms with van der Waals surface area (Å²) in [6.45, 7) is 0. The van der Waals surface area contributed by atoms with E-state index in [4.69, 9.17) is 15.2 Å². The van der Waals surface area contributed by atoms with Crippen molar-refractivity contribution in [3.8, 4) is 5.75 Å². The molecule has 0 aromatic heterocycles. The maximum absolute atomic E-state index is 12.2. The molecular formula is C12H18N2O4S. The van der Waals surface area contributed by atoms with Gasteiger partial charge in [-0.25, -0.2) is 13.1 Å². The van der Waals surface area contributed by atoms with Gasteiger partial charge in [0, 0.05) is 19.2 Å². The van der Waals surface area contributed by atoms with Crippen molar-refractivity contribution < 1.29 is 17.9 Å². The van der Waals surface area contributed by atoms with E-state index in [1.165, 1.54) is 25.3 Å². The summed E-state index contributed by atoms with van der Waals surface area (Å²) in [5.74, 6) is 0.353. The molecule has 0 amide bonds. The zero-order valence-electron chi connectivity index (χ0n) is 10.9. The molecule has 0 aliphatic heterocycles. The van der Waals surface area contributed by atoms with Crippen LogP contribution in [0.3, 0.4) is 0 Å². The van der Waals surface area contributed by atoms with Gasteiger partial charge in [-0.3, -0.25) is 0 Å². The Balaban J connectivity index is 2.11. The first-order valence-corrected chi connectivity index (χ1v) is 7.43. The van der Waals surface area contributed by atoms with Gasteiger partial charge in [0.1, 0.15) is 5.75 Å². The molecule has 1 aliphatic carbocycles. The van der Waals surface area contributed by atoms with Crippen LogP contribution in [0, 0.1) is 0 Å². The highest BCUT2D eigenvalue weighted by molar-refractivity contribution is 7.89. The van der Waals surface area contributed by atoms with Crippen molar-refractivity contribution in [1.82, 2.24) is 4.72 Å². The number of anilines is 1. The number of methoxy groups -OCH3 is 2. The average Bonchev–Trinajstić information content (AvgIpc) is 2.33. The molecule has 0 heterocycles. The molecule has 19 heavy (non-hydrogen) atoms. The first-order chi connectivity index (χ1) is 8.96. The van der Waals surface area contributed by atoms with Crippen LogP contribution in [0.25, 0.3) is 0 Å². The smallest absolute Gasteiger partial charge is 0.240 e. The van der Waals surface area contributed by atoms with Gasteiger partial charge < -0.3 is 15.2 Å². The predicted molar refractivity (Wildman–Crippen MR) is 71.5 cm³/mol. The van der Waals surface area contributed by atoms with E-state index in [9.17, 15) is 8.42 Å². The van der Waals surface area contributed by atoms with Crippen molar-refractivity contribution in [2.75, 3.05) is 20.0 Å². The molecule has 1 fully saturated rings. The summed E-state index contributed by atoms with van der Waals surface area (Å²) in [5, 5.41) is 0. The van der Waals surface area contributed by atoms with Gasteiger partial charge in [-0.1, -0.05) is 0 Å². The summed E-state index contributed by atoms with van der Waals surface area (Å²) in [6, 6.07) is 4.33. The molecular weight excluding hydrogens is 268 g/mol. The maximum atomic E-state index is 12.2. The summed E-state index contributed by atoms with van der Waals surface area (Å²) >= 11 is 0. The van der Waals surface area contributed by atoms with Crippen LogP contribution in [0.5, 0.6) is 5.75 Å². The molecule has 106 valence electrons. The molecule has 0 radical (unpaired) electrons. The van der Waals surface area contributed by atoms with Crippen molar-refractivity contribution >= 4 is 15.7 Å². The maximum Gasteiger partial charge on any atom is 0.240 e. The number of nitrogens with two attached hydrogens (primary N) is 1. The molecule has 0 spiro atoms. The monoisotopic (exact) mass is 286 g/mol. The van der Waals surface area contributed by atoms with Crippen LogP contribution < -0.4 is 15.2 Å². The summed E-state index contributed by atoms with van der Waals surface area (Å²) in [7, 11) is -0.468. The Morgan fingerprint density at radius 2 is 2.00 bits per heavy atom. The SMILES string of the molecule is COc1cc(S(=O)(=O)NC2CC(OC)C2)ccc1N. The molecule has 1 aliphatic rings. The Hall–Kier alpha value is -1.31. The highest BCUT2D eigenvalue weighted by Gasteiger charge is 2.32. The van der Waals surface area contributed by atoms with Crippen LogP contribution in [0.15, 0.2) is 23.1 Å². The highest BCUT2D eigenvalue weighted by Crippen LogP contribution is 2.27. The van der Waals surface area contributed by atoms with Crippen molar-refractivity contribution in [2.24, 2.45) is 0 Å². The third-order valence-corrected chi connectivity index (χ3v) is 4.78. The molecule has 0 atom stereocenters. The van der Waals surface area contributed by atoms with Crippen molar-refractivity contribution in [1.29, 1.82) is 0 Å². The molecule has 0 unspecified atom stereocenters. The topological polar surface area (TPSA) is 90.7 Å². The predicted octanol–water partition coefficient (Wildman–Crippen LogP) is 0.733. The zero-order valence-corrected chi connectivity index (χ0v) is 11.7. The average molecular weight is 286 g/mol. The van der Waals surface area contributed by atoms with E-state index in [-0.39, 0.29) is 17.0 Å². The lowest BCUT2D eigenvalue weighted by Crippen LogP contribution is -2.47. The lowest BCUT2D eigenvalue weighted by molar-refractivity contribution is 0.0236. The summed E-state index contributed by atoms with van der Waals surface area (Å²) in [4.78, 5) is 0.152. The number of hydrogen-bond donors (Lipinski definition) is 2. The minimum atomic E-state index is -3.54. The first kappa shape index (κ1) is 14.1. The molecule has 2 rings (SSSR count). The minimum absolute atomic E-state index is 0.0708. The van der Waals surface area contributed by atoms with Gasteiger partial charge >= 0.3 is 0 Å². The van der Waals surface area contributed by atoms with E-state index in [2.05, 4.69) is 4.72 Å². The van der Waals surface area contributed by atoms with E-state index in [1.54, 1.807) is 7.11 Å². The second-order valence-corrected chi connectivity index (χ2v) is 6.27. The minimum Gasteiger partial charge on any atom is -0.495 e. The largest absolute Gasteiger partial charge is 0.495 e. The van der Waals surface area contributed by atoms with E-state index in [0.29, 0.717) is 24.3 Å². The van der Waals surface area contributed by atoms with Crippen LogP contribution in [0.2, 0.25) is 0 Å². The Kier molecular flexibility index (Phi) is 3.98. The van der Waals surface area contributed by atoms with Crippen LogP contribution in [-0.2, 0) is 14.8 Å². The molecule has 1 aromatic carbocycles. The number of ether oxygens (including phenoxy) is 2. The van der Waals surface area contributed by atoms with Crippen molar-refractivity contribution in [2.45, 2.75) is 29.9 Å². The van der Waals surface area contributed by atoms with E-state index >= 15 is 0 Å². The van der Waals surface area contributed by atoms with Gasteiger partial charge in [-0.05, 0) is 25.0 Å². The van der Waals surface area contributed by atoms with E-state index in [1.807, 2.05) is 0 Å². The van der Waals surface area contributed by atoms with Gasteiger partial charge in [0.2, 0.25) is 10.0 Å². The van der Waals surface area contributed by atoms with Gasteiger partial charge in [-0.2, -0.15) is 0 Å². The highest BCUT2D eigenvalue weighted by atomic mass is 32.2. The Labute approximate surface area is 112 Å². The molecule has 1 saturated carbocycles. The Bertz CT molecular complexity index is 553. The number of benzene rings is 1. The van der Waals surface area contributed by atoms with Crippen molar-refractivity contribution in [3.05, 3.63) is 18.2 Å². The summed E-state index contributed by atoms with van der Waals surface area (Å²) in [5.41, 5.74) is 6.07.